The van der Waals surface area contributed by atoms with Crippen LogP contribution in [0.4, 0.5) is 5.82 Å². The maximum Gasteiger partial charge on any atom is 0.257 e. The molecule has 3 aromatic rings. The van der Waals surface area contributed by atoms with Crippen molar-refractivity contribution in [2.24, 2.45) is 0 Å². The normalized spacial score (nSPS) is 16.0. The van der Waals surface area contributed by atoms with Crippen LogP contribution in [-0.2, 0) is 24.2 Å². The number of nitrogens with zero attached hydrogens (tertiary/aromatic N) is 4. The summed E-state index contributed by atoms with van der Waals surface area (Å²) in [5, 5.41) is 1.20. The van der Waals surface area contributed by atoms with Crippen molar-refractivity contribution in [1.29, 1.82) is 0 Å². The van der Waals surface area contributed by atoms with Gasteiger partial charge in [-0.2, -0.15) is 0 Å². The zero-order valence-electron chi connectivity index (χ0n) is 19.9. The van der Waals surface area contributed by atoms with Crippen LogP contribution in [0.3, 0.4) is 0 Å². The first-order valence-corrected chi connectivity index (χ1v) is 12.5. The Bertz CT molecular complexity index is 1200. The van der Waals surface area contributed by atoms with Gasteiger partial charge < -0.3 is 24.0 Å². The molecule has 9 heteroatoms. The monoisotopic (exact) mass is 482 g/mol. The van der Waals surface area contributed by atoms with E-state index in [1.54, 1.807) is 50.9 Å². The number of aryl methyl sites for hydroxylation is 2. The van der Waals surface area contributed by atoms with E-state index >= 15 is 0 Å². The second-order valence-electron chi connectivity index (χ2n) is 8.63. The zero-order chi connectivity index (χ0) is 23.7. The van der Waals surface area contributed by atoms with Gasteiger partial charge in [-0.05, 0) is 43.4 Å². The Morgan fingerprint density at radius 1 is 1.03 bits per heavy atom. The smallest absolute Gasteiger partial charge is 0.257 e. The number of methoxy groups -OCH3 is 3. The number of carbonyl (C=O) groups excluding carboxylic acids is 1. The number of carbonyl (C=O) groups is 1. The molecule has 2 aliphatic rings. The first-order chi connectivity index (χ1) is 16.6. The maximum absolute atomic E-state index is 13.3. The molecule has 1 fully saturated rings. The van der Waals surface area contributed by atoms with Gasteiger partial charge in [0.25, 0.3) is 5.91 Å². The highest BCUT2D eigenvalue weighted by Gasteiger charge is 2.28. The van der Waals surface area contributed by atoms with Gasteiger partial charge >= 0.3 is 0 Å². The number of piperazine rings is 1. The van der Waals surface area contributed by atoms with E-state index in [0.29, 0.717) is 55.7 Å². The van der Waals surface area contributed by atoms with Gasteiger partial charge in [0.2, 0.25) is 0 Å². The number of aromatic nitrogens is 2. The van der Waals surface area contributed by atoms with Crippen LogP contribution in [-0.4, -0.2) is 68.3 Å². The Kier molecular flexibility index (Phi) is 6.56. The Hall–Kier alpha value is -2.91. The molecule has 8 nitrogen and oxygen atoms in total. The number of benzene rings is 1. The second-order valence-corrected chi connectivity index (χ2v) is 9.72. The molecule has 0 saturated carbocycles. The summed E-state index contributed by atoms with van der Waals surface area (Å²) in [4.78, 5) is 29.7. The summed E-state index contributed by atoms with van der Waals surface area (Å²) in [5.41, 5.74) is 1.97. The molecule has 0 spiro atoms. The summed E-state index contributed by atoms with van der Waals surface area (Å²) < 4.78 is 16.1. The fraction of sp³-hybridized carbons (Fsp3) is 0.480. The molecule has 0 N–H and O–H groups in total. The Morgan fingerprint density at radius 3 is 2.56 bits per heavy atom. The molecule has 34 heavy (non-hydrogen) atoms. The van der Waals surface area contributed by atoms with Gasteiger partial charge in [0, 0.05) is 44.2 Å². The molecule has 1 saturated heterocycles. The number of hydrogen-bond donors (Lipinski definition) is 0. The highest BCUT2D eigenvalue weighted by Crippen LogP contribution is 2.40. The minimum atomic E-state index is -0.0278. The van der Waals surface area contributed by atoms with E-state index in [2.05, 4.69) is 4.90 Å². The molecule has 1 aliphatic carbocycles. The highest BCUT2D eigenvalue weighted by molar-refractivity contribution is 7.19. The number of anilines is 1. The lowest BCUT2D eigenvalue weighted by molar-refractivity contribution is 0.0743. The van der Waals surface area contributed by atoms with Crippen molar-refractivity contribution in [2.45, 2.75) is 32.3 Å². The molecule has 1 aromatic carbocycles. The van der Waals surface area contributed by atoms with E-state index in [0.717, 1.165) is 23.5 Å². The van der Waals surface area contributed by atoms with Crippen LogP contribution in [0.15, 0.2) is 18.2 Å². The Labute approximate surface area is 203 Å². The summed E-state index contributed by atoms with van der Waals surface area (Å²) in [5.74, 6) is 2.87. The molecular weight excluding hydrogens is 452 g/mol. The average molecular weight is 483 g/mol. The Morgan fingerprint density at radius 2 is 1.82 bits per heavy atom. The van der Waals surface area contributed by atoms with E-state index < -0.39 is 0 Å². The van der Waals surface area contributed by atoms with Crippen molar-refractivity contribution in [3.8, 4) is 11.5 Å². The number of rotatable bonds is 6. The first kappa shape index (κ1) is 22.9. The number of hydrogen-bond acceptors (Lipinski definition) is 8. The van der Waals surface area contributed by atoms with E-state index in [1.165, 1.54) is 28.7 Å². The van der Waals surface area contributed by atoms with Gasteiger partial charge in [-0.1, -0.05) is 0 Å². The van der Waals surface area contributed by atoms with Gasteiger partial charge in [-0.3, -0.25) is 4.79 Å². The number of fused-ring (bicyclic) bond motifs is 3. The molecule has 0 atom stereocenters. The van der Waals surface area contributed by atoms with Crippen molar-refractivity contribution in [2.75, 3.05) is 52.4 Å². The lowest BCUT2D eigenvalue weighted by Crippen LogP contribution is -2.49. The van der Waals surface area contributed by atoms with Crippen molar-refractivity contribution in [1.82, 2.24) is 14.9 Å². The summed E-state index contributed by atoms with van der Waals surface area (Å²) in [6.07, 6.45) is 4.67. The molecule has 0 bridgehead atoms. The summed E-state index contributed by atoms with van der Waals surface area (Å²) in [6, 6.07) is 5.31. The molecule has 180 valence electrons. The third-order valence-corrected chi connectivity index (χ3v) is 7.81. The van der Waals surface area contributed by atoms with E-state index in [4.69, 9.17) is 24.2 Å². The maximum atomic E-state index is 13.3. The predicted molar refractivity (Wildman–Crippen MR) is 132 cm³/mol. The molecule has 0 unspecified atom stereocenters. The topological polar surface area (TPSA) is 77.0 Å². The van der Waals surface area contributed by atoms with Gasteiger partial charge in [-0.25, -0.2) is 9.97 Å². The van der Waals surface area contributed by atoms with Crippen molar-refractivity contribution >= 4 is 33.3 Å². The fourth-order valence-corrected chi connectivity index (χ4v) is 6.15. The lowest BCUT2D eigenvalue weighted by Gasteiger charge is -2.36. The van der Waals surface area contributed by atoms with Crippen molar-refractivity contribution in [3.05, 3.63) is 40.0 Å². The van der Waals surface area contributed by atoms with Crippen LogP contribution >= 0.6 is 11.3 Å². The minimum absolute atomic E-state index is 0.0278. The zero-order valence-corrected chi connectivity index (χ0v) is 20.7. The van der Waals surface area contributed by atoms with Gasteiger partial charge in [-0.15, -0.1) is 11.3 Å². The molecule has 1 aliphatic heterocycles. The Balaban J connectivity index is 1.40. The number of thiophene rings is 1. The third kappa shape index (κ3) is 4.18. The van der Waals surface area contributed by atoms with Crippen LogP contribution in [0.1, 0.15) is 39.5 Å². The molecule has 1 amide bonds. The molecule has 2 aromatic heterocycles. The van der Waals surface area contributed by atoms with E-state index in [9.17, 15) is 4.79 Å². The predicted octanol–water partition coefficient (Wildman–Crippen LogP) is 3.70. The fourth-order valence-electron chi connectivity index (χ4n) is 4.87. The molecule has 5 rings (SSSR count). The van der Waals surface area contributed by atoms with E-state index in [1.807, 2.05) is 4.90 Å². The first-order valence-electron chi connectivity index (χ1n) is 11.7. The minimum Gasteiger partial charge on any atom is -0.497 e. The van der Waals surface area contributed by atoms with Gasteiger partial charge in [0.15, 0.2) is 5.82 Å². The van der Waals surface area contributed by atoms with Gasteiger partial charge in [0.1, 0.15) is 28.8 Å². The summed E-state index contributed by atoms with van der Waals surface area (Å²) in [6.45, 7) is 3.05. The van der Waals surface area contributed by atoms with Gasteiger partial charge in [0.05, 0.1) is 25.2 Å². The van der Waals surface area contributed by atoms with Crippen LogP contribution in [0.5, 0.6) is 11.5 Å². The second kappa shape index (κ2) is 9.76. The quantitative estimate of drug-likeness (QED) is 0.530. The van der Waals surface area contributed by atoms with Crippen LogP contribution in [0.2, 0.25) is 0 Å². The largest absolute Gasteiger partial charge is 0.497 e. The molecule has 3 heterocycles. The van der Waals surface area contributed by atoms with Crippen molar-refractivity contribution in [3.63, 3.8) is 0 Å². The summed E-state index contributed by atoms with van der Waals surface area (Å²) in [7, 11) is 4.84. The SMILES string of the molecule is COCc1nc(N2CCN(C(=O)c3ccc(OC)cc3OC)CC2)c2c3c(sc2n1)CCCC3. The average Bonchev–Trinajstić information content (AvgIpc) is 3.26. The van der Waals surface area contributed by atoms with Crippen LogP contribution < -0.4 is 14.4 Å². The van der Waals surface area contributed by atoms with E-state index in [-0.39, 0.29) is 5.91 Å². The lowest BCUT2D eigenvalue weighted by atomic mass is 9.97. The third-order valence-electron chi connectivity index (χ3n) is 6.62. The standard InChI is InChI=1S/C25H30N4O4S/c1-31-15-21-26-23(22-18-6-4-5-7-20(18)34-24(22)27-21)28-10-12-29(13-11-28)25(30)17-9-8-16(32-2)14-19(17)33-3/h8-9,14H,4-7,10-13,15H2,1-3H3. The van der Waals surface area contributed by atoms with Crippen LogP contribution in [0.25, 0.3) is 10.2 Å². The van der Waals surface area contributed by atoms with Crippen molar-refractivity contribution < 1.29 is 19.0 Å². The molecular formula is C25H30N4O4S. The van der Waals surface area contributed by atoms with Crippen LogP contribution in [0, 0.1) is 0 Å². The highest BCUT2D eigenvalue weighted by atomic mass is 32.1. The number of amides is 1. The molecule has 0 radical (unpaired) electrons. The summed E-state index contributed by atoms with van der Waals surface area (Å²) >= 11 is 1.81. The number of ether oxygens (including phenoxy) is 3.